The zero-order valence-electron chi connectivity index (χ0n) is 19.3. The Labute approximate surface area is 202 Å². The van der Waals surface area contributed by atoms with Crippen molar-refractivity contribution in [2.45, 2.75) is 19.4 Å². The van der Waals surface area contributed by atoms with Gasteiger partial charge >= 0.3 is 0 Å². The van der Waals surface area contributed by atoms with Gasteiger partial charge in [-0.2, -0.15) is 0 Å². The summed E-state index contributed by atoms with van der Waals surface area (Å²) in [5.74, 6) is -0.896. The van der Waals surface area contributed by atoms with E-state index in [1.165, 1.54) is 16.2 Å². The molecule has 1 N–H and O–H groups in total. The summed E-state index contributed by atoms with van der Waals surface area (Å²) in [5, 5.41) is 11.6. The number of nitrogens with zero attached hydrogens (tertiary/aromatic N) is 2. The number of ether oxygens (including phenoxy) is 2. The zero-order chi connectivity index (χ0) is 24.2. The number of ketones is 1. The van der Waals surface area contributed by atoms with E-state index in [2.05, 4.69) is 4.98 Å². The molecule has 1 amide bonds. The minimum absolute atomic E-state index is 0.0574. The van der Waals surface area contributed by atoms with Crippen molar-refractivity contribution in [1.82, 2.24) is 9.88 Å². The fraction of sp³-hybridized carbons (Fsp3) is 0.269. The minimum Gasteiger partial charge on any atom is -0.503 e. The predicted octanol–water partition coefficient (Wildman–Crippen LogP) is 4.74. The van der Waals surface area contributed by atoms with E-state index < -0.39 is 23.5 Å². The molecule has 0 radical (unpaired) electrons. The second-order valence-electron chi connectivity index (χ2n) is 7.92. The SMILES string of the molecule is COCCCN1C(=O)C(O)=C(C(=O)c2sc(-c3ccccc3)nc2C)C1c1cccc(OC)c1. The number of thiazole rings is 1. The van der Waals surface area contributed by atoms with Gasteiger partial charge in [0.25, 0.3) is 5.91 Å². The largest absolute Gasteiger partial charge is 0.503 e. The molecule has 1 aromatic heterocycles. The first kappa shape index (κ1) is 23.7. The van der Waals surface area contributed by atoms with Crippen molar-refractivity contribution in [3.05, 3.63) is 82.1 Å². The third-order valence-corrected chi connectivity index (χ3v) is 6.93. The topological polar surface area (TPSA) is 89.0 Å². The molecule has 1 aliphatic rings. The first-order chi connectivity index (χ1) is 16.5. The molecule has 0 saturated carbocycles. The van der Waals surface area contributed by atoms with E-state index in [0.29, 0.717) is 46.5 Å². The summed E-state index contributed by atoms with van der Waals surface area (Å²) in [4.78, 5) is 33.4. The molecular weight excluding hydrogens is 452 g/mol. The number of aryl methyl sites for hydroxylation is 1. The maximum absolute atomic E-state index is 13.8. The molecule has 7 nitrogen and oxygen atoms in total. The van der Waals surface area contributed by atoms with E-state index in [0.717, 1.165) is 5.56 Å². The first-order valence-electron chi connectivity index (χ1n) is 10.9. The summed E-state index contributed by atoms with van der Waals surface area (Å²) in [7, 11) is 3.15. The van der Waals surface area contributed by atoms with Crippen LogP contribution in [0.4, 0.5) is 0 Å². The predicted molar refractivity (Wildman–Crippen MR) is 130 cm³/mol. The number of carbonyl (C=O) groups is 2. The fourth-order valence-corrected chi connectivity index (χ4v) is 5.11. The van der Waals surface area contributed by atoms with Crippen molar-refractivity contribution in [3.63, 3.8) is 0 Å². The molecule has 2 heterocycles. The van der Waals surface area contributed by atoms with Crippen molar-refractivity contribution in [2.75, 3.05) is 27.4 Å². The number of hydrogen-bond donors (Lipinski definition) is 1. The normalized spacial score (nSPS) is 15.8. The molecule has 0 fully saturated rings. The fourth-order valence-electron chi connectivity index (χ4n) is 4.09. The first-order valence-corrected chi connectivity index (χ1v) is 11.7. The summed E-state index contributed by atoms with van der Waals surface area (Å²) in [5.41, 5.74) is 2.20. The Kier molecular flexibility index (Phi) is 7.09. The lowest BCUT2D eigenvalue weighted by Gasteiger charge is -2.27. The highest BCUT2D eigenvalue weighted by molar-refractivity contribution is 7.17. The molecule has 1 aliphatic heterocycles. The lowest BCUT2D eigenvalue weighted by Crippen LogP contribution is -2.32. The summed E-state index contributed by atoms with van der Waals surface area (Å²) < 4.78 is 10.5. The van der Waals surface area contributed by atoms with Gasteiger partial charge in [-0.15, -0.1) is 11.3 Å². The molecule has 34 heavy (non-hydrogen) atoms. The van der Waals surface area contributed by atoms with E-state index in [1.54, 1.807) is 39.3 Å². The van der Waals surface area contributed by atoms with E-state index in [1.807, 2.05) is 36.4 Å². The monoisotopic (exact) mass is 478 g/mol. The van der Waals surface area contributed by atoms with E-state index in [4.69, 9.17) is 9.47 Å². The molecule has 1 unspecified atom stereocenters. The van der Waals surface area contributed by atoms with E-state index in [9.17, 15) is 14.7 Å². The molecule has 2 aromatic carbocycles. The van der Waals surface area contributed by atoms with Crippen molar-refractivity contribution >= 4 is 23.0 Å². The maximum atomic E-state index is 13.8. The van der Waals surface area contributed by atoms with Crippen molar-refractivity contribution in [3.8, 4) is 16.3 Å². The highest BCUT2D eigenvalue weighted by Gasteiger charge is 2.44. The Balaban J connectivity index is 1.77. The summed E-state index contributed by atoms with van der Waals surface area (Å²) in [6.45, 7) is 2.54. The Morgan fingerprint density at radius 1 is 1.15 bits per heavy atom. The Hall–Kier alpha value is -3.49. The molecular formula is C26H26N2O5S. The number of amides is 1. The zero-order valence-corrected chi connectivity index (χ0v) is 20.1. The van der Waals surface area contributed by atoms with Crippen molar-refractivity contribution < 1.29 is 24.2 Å². The number of rotatable bonds is 9. The quantitative estimate of drug-likeness (QED) is 0.353. The van der Waals surface area contributed by atoms with Crippen LogP contribution in [0.15, 0.2) is 65.9 Å². The second kappa shape index (κ2) is 10.2. The van der Waals surface area contributed by atoms with Crippen LogP contribution in [0.2, 0.25) is 0 Å². The average Bonchev–Trinajstić information content (AvgIpc) is 3.37. The smallest absolute Gasteiger partial charge is 0.290 e. The molecule has 0 saturated heterocycles. The van der Waals surface area contributed by atoms with Gasteiger partial charge in [0.05, 0.1) is 29.3 Å². The van der Waals surface area contributed by atoms with Crippen LogP contribution in [0, 0.1) is 6.92 Å². The number of aromatic nitrogens is 1. The number of aliphatic hydroxyl groups is 1. The molecule has 0 bridgehead atoms. The number of Topliss-reactive ketones (excluding diaryl/α,β-unsaturated/α-hetero) is 1. The van der Waals surface area contributed by atoms with Crippen LogP contribution in [0.25, 0.3) is 10.6 Å². The van der Waals surface area contributed by atoms with E-state index >= 15 is 0 Å². The molecule has 4 rings (SSSR count). The molecule has 8 heteroatoms. The van der Waals surface area contributed by atoms with Gasteiger partial charge in [0, 0.05) is 25.8 Å². The highest BCUT2D eigenvalue weighted by Crippen LogP contribution is 2.41. The molecule has 176 valence electrons. The van der Waals surface area contributed by atoms with Crippen LogP contribution < -0.4 is 4.74 Å². The van der Waals surface area contributed by atoms with Gasteiger partial charge in [-0.3, -0.25) is 9.59 Å². The van der Waals surface area contributed by atoms with Crippen LogP contribution in [0.3, 0.4) is 0 Å². The van der Waals surface area contributed by atoms with Crippen LogP contribution >= 0.6 is 11.3 Å². The maximum Gasteiger partial charge on any atom is 0.290 e. The number of hydrogen-bond acceptors (Lipinski definition) is 7. The van der Waals surface area contributed by atoms with Crippen LogP contribution in [0.1, 0.15) is 33.4 Å². The number of benzene rings is 2. The van der Waals surface area contributed by atoms with Gasteiger partial charge < -0.3 is 19.5 Å². The lowest BCUT2D eigenvalue weighted by molar-refractivity contribution is -0.129. The van der Waals surface area contributed by atoms with Gasteiger partial charge in [-0.25, -0.2) is 4.98 Å². The molecule has 3 aromatic rings. The lowest BCUT2D eigenvalue weighted by atomic mass is 9.95. The number of aliphatic hydroxyl groups excluding tert-OH is 1. The highest BCUT2D eigenvalue weighted by atomic mass is 32.1. The minimum atomic E-state index is -0.742. The number of methoxy groups -OCH3 is 2. The molecule has 0 spiro atoms. The van der Waals surface area contributed by atoms with Crippen molar-refractivity contribution in [2.24, 2.45) is 0 Å². The van der Waals surface area contributed by atoms with Crippen LogP contribution in [-0.2, 0) is 9.53 Å². The summed E-state index contributed by atoms with van der Waals surface area (Å²) in [6, 6.07) is 16.1. The Bertz CT molecular complexity index is 1230. The third kappa shape index (κ3) is 4.47. The Morgan fingerprint density at radius 3 is 2.62 bits per heavy atom. The van der Waals surface area contributed by atoms with Crippen LogP contribution in [-0.4, -0.2) is 54.1 Å². The van der Waals surface area contributed by atoms with Gasteiger partial charge in [-0.05, 0) is 31.0 Å². The molecule has 1 atom stereocenters. The third-order valence-electron chi connectivity index (χ3n) is 5.73. The van der Waals surface area contributed by atoms with Gasteiger partial charge in [0.1, 0.15) is 10.8 Å². The van der Waals surface area contributed by atoms with E-state index in [-0.39, 0.29) is 5.57 Å². The van der Waals surface area contributed by atoms with Gasteiger partial charge in [-0.1, -0.05) is 42.5 Å². The van der Waals surface area contributed by atoms with Crippen molar-refractivity contribution in [1.29, 1.82) is 0 Å². The van der Waals surface area contributed by atoms with Gasteiger partial charge in [0.15, 0.2) is 5.76 Å². The second-order valence-corrected chi connectivity index (χ2v) is 8.91. The molecule has 0 aliphatic carbocycles. The number of carbonyl (C=O) groups excluding carboxylic acids is 2. The average molecular weight is 479 g/mol. The standard InChI is InChI=1S/C26H26N2O5S/c1-16-24(34-25(27-16)17-9-5-4-6-10-17)22(29)20-21(18-11-7-12-19(15-18)33-3)28(13-8-14-32-2)26(31)23(20)30/h4-7,9-12,15,21,30H,8,13-14H2,1-3H3. The van der Waals surface area contributed by atoms with Crippen LogP contribution in [0.5, 0.6) is 5.75 Å². The summed E-state index contributed by atoms with van der Waals surface area (Å²) in [6.07, 6.45) is 0.565. The Morgan fingerprint density at radius 2 is 1.91 bits per heavy atom. The summed E-state index contributed by atoms with van der Waals surface area (Å²) >= 11 is 1.26. The van der Waals surface area contributed by atoms with Gasteiger partial charge in [0.2, 0.25) is 5.78 Å².